The minimum absolute atomic E-state index is 0.0119. The number of nitrogens with zero attached hydrogens (tertiary/aromatic N) is 3. The van der Waals surface area contributed by atoms with Crippen molar-refractivity contribution >= 4 is 21.6 Å². The number of rotatable bonds is 4. The number of imidazole rings is 1. The van der Waals surface area contributed by atoms with E-state index in [1.807, 2.05) is 10.8 Å². The Labute approximate surface area is 128 Å². The summed E-state index contributed by atoms with van der Waals surface area (Å²) in [4.78, 5) is 7.86. The summed E-state index contributed by atoms with van der Waals surface area (Å²) in [6.45, 7) is 0. The molecule has 21 heavy (non-hydrogen) atoms. The van der Waals surface area contributed by atoms with E-state index in [1.54, 1.807) is 18.6 Å². The minimum atomic E-state index is -3.68. The van der Waals surface area contributed by atoms with Crippen LogP contribution in [0.25, 0.3) is 0 Å². The Kier molecular flexibility index (Phi) is 3.97. The van der Waals surface area contributed by atoms with Crippen molar-refractivity contribution < 1.29 is 8.42 Å². The molecule has 1 N–H and O–H groups in total. The first-order chi connectivity index (χ1) is 10.1. The molecule has 1 saturated carbocycles. The molecule has 2 heterocycles. The summed E-state index contributed by atoms with van der Waals surface area (Å²) in [7, 11) is -3.68. The number of nitrogens with one attached hydrogen (secondary N) is 1. The molecule has 112 valence electrons. The van der Waals surface area contributed by atoms with Crippen molar-refractivity contribution in [2.45, 2.75) is 36.2 Å². The fourth-order valence-electron chi connectivity index (χ4n) is 2.73. The maximum Gasteiger partial charge on any atom is 0.243 e. The van der Waals surface area contributed by atoms with Gasteiger partial charge in [-0.25, -0.2) is 23.1 Å². The second-order valence-electron chi connectivity index (χ2n) is 5.03. The molecule has 1 aliphatic carbocycles. The van der Waals surface area contributed by atoms with Gasteiger partial charge in [-0.05, 0) is 31.4 Å². The largest absolute Gasteiger partial charge is 0.333 e. The molecule has 1 fully saturated rings. The van der Waals surface area contributed by atoms with Crippen LogP contribution in [0.2, 0.25) is 5.15 Å². The third-order valence-electron chi connectivity index (χ3n) is 3.71. The average Bonchev–Trinajstić information content (AvgIpc) is 3.09. The standard InChI is InChI=1S/C13H15ClN4O2S/c14-13-12(5-2-6-16-13)21(19,20)17-10-3-1-4-11(10)18-8-7-15-9-18/h2,5-11,17H,1,3-4H2. The first-order valence-corrected chi connectivity index (χ1v) is 8.54. The van der Waals surface area contributed by atoms with Gasteiger partial charge in [-0.15, -0.1) is 0 Å². The molecular weight excluding hydrogens is 312 g/mol. The molecule has 0 bridgehead atoms. The summed E-state index contributed by atoms with van der Waals surface area (Å²) in [5.41, 5.74) is 0. The van der Waals surface area contributed by atoms with Crippen LogP contribution in [0.3, 0.4) is 0 Å². The van der Waals surface area contributed by atoms with Gasteiger partial charge in [-0.2, -0.15) is 0 Å². The molecule has 0 aromatic carbocycles. The first-order valence-electron chi connectivity index (χ1n) is 6.68. The van der Waals surface area contributed by atoms with Gasteiger partial charge in [0, 0.05) is 24.6 Å². The predicted molar refractivity (Wildman–Crippen MR) is 78.5 cm³/mol. The third kappa shape index (κ3) is 2.95. The molecule has 0 aliphatic heterocycles. The Morgan fingerprint density at radius 3 is 2.90 bits per heavy atom. The lowest BCUT2D eigenvalue weighted by molar-refractivity contribution is 0.431. The van der Waals surface area contributed by atoms with E-state index in [4.69, 9.17) is 11.6 Å². The van der Waals surface area contributed by atoms with E-state index >= 15 is 0 Å². The van der Waals surface area contributed by atoms with E-state index in [9.17, 15) is 8.42 Å². The van der Waals surface area contributed by atoms with Gasteiger partial charge in [0.05, 0.1) is 12.4 Å². The Morgan fingerprint density at radius 1 is 1.33 bits per heavy atom. The molecule has 2 atom stereocenters. The maximum atomic E-state index is 12.5. The first kappa shape index (κ1) is 14.5. The van der Waals surface area contributed by atoms with Crippen LogP contribution >= 0.6 is 11.6 Å². The number of halogens is 1. The molecule has 2 unspecified atom stereocenters. The zero-order chi connectivity index (χ0) is 14.9. The van der Waals surface area contributed by atoms with E-state index in [1.165, 1.54) is 12.3 Å². The number of pyridine rings is 1. The average molecular weight is 327 g/mol. The van der Waals surface area contributed by atoms with Gasteiger partial charge in [-0.1, -0.05) is 11.6 Å². The van der Waals surface area contributed by atoms with Gasteiger partial charge in [0.2, 0.25) is 10.0 Å². The fraction of sp³-hybridized carbons (Fsp3) is 0.385. The molecule has 0 amide bonds. The van der Waals surface area contributed by atoms with Crippen molar-refractivity contribution in [2.24, 2.45) is 0 Å². The van der Waals surface area contributed by atoms with Crippen molar-refractivity contribution in [3.05, 3.63) is 42.2 Å². The summed E-state index contributed by atoms with van der Waals surface area (Å²) >= 11 is 5.88. The van der Waals surface area contributed by atoms with Crippen LogP contribution in [-0.4, -0.2) is 29.0 Å². The van der Waals surface area contributed by atoms with E-state index < -0.39 is 10.0 Å². The summed E-state index contributed by atoms with van der Waals surface area (Å²) in [5, 5.41) is -0.0119. The lowest BCUT2D eigenvalue weighted by Gasteiger charge is -2.22. The highest BCUT2D eigenvalue weighted by Gasteiger charge is 2.33. The van der Waals surface area contributed by atoms with Crippen LogP contribution in [0, 0.1) is 0 Å². The van der Waals surface area contributed by atoms with Gasteiger partial charge in [-0.3, -0.25) is 0 Å². The Morgan fingerprint density at radius 2 is 2.19 bits per heavy atom. The van der Waals surface area contributed by atoms with Crippen LogP contribution in [0.5, 0.6) is 0 Å². The lowest BCUT2D eigenvalue weighted by Crippen LogP contribution is -2.38. The summed E-state index contributed by atoms with van der Waals surface area (Å²) in [5.74, 6) is 0. The molecule has 1 aliphatic rings. The normalized spacial score (nSPS) is 22.5. The second kappa shape index (κ2) is 5.75. The Balaban J connectivity index is 1.84. The zero-order valence-corrected chi connectivity index (χ0v) is 12.8. The Hall–Kier alpha value is -1.44. The minimum Gasteiger partial charge on any atom is -0.333 e. The zero-order valence-electron chi connectivity index (χ0n) is 11.2. The number of hydrogen-bond donors (Lipinski definition) is 1. The highest BCUT2D eigenvalue weighted by Crippen LogP contribution is 2.31. The van der Waals surface area contributed by atoms with Crippen LogP contribution in [0.15, 0.2) is 41.9 Å². The fourth-order valence-corrected chi connectivity index (χ4v) is 4.49. The second-order valence-corrected chi connectivity index (χ2v) is 7.07. The third-order valence-corrected chi connectivity index (χ3v) is 5.64. The molecule has 8 heteroatoms. The maximum absolute atomic E-state index is 12.5. The van der Waals surface area contributed by atoms with E-state index in [2.05, 4.69) is 14.7 Å². The monoisotopic (exact) mass is 326 g/mol. The van der Waals surface area contributed by atoms with Gasteiger partial charge in [0.15, 0.2) is 0 Å². The quantitative estimate of drug-likeness (QED) is 0.872. The van der Waals surface area contributed by atoms with E-state index in [-0.39, 0.29) is 22.1 Å². The number of sulfonamides is 1. The summed E-state index contributed by atoms with van der Waals surface area (Å²) < 4.78 is 29.6. The van der Waals surface area contributed by atoms with Gasteiger partial charge in [0.1, 0.15) is 10.0 Å². The summed E-state index contributed by atoms with van der Waals surface area (Å²) in [6.07, 6.45) is 9.41. The topological polar surface area (TPSA) is 76.9 Å². The van der Waals surface area contributed by atoms with Crippen LogP contribution < -0.4 is 4.72 Å². The number of aromatic nitrogens is 3. The van der Waals surface area contributed by atoms with Crippen molar-refractivity contribution in [2.75, 3.05) is 0 Å². The molecular formula is C13H15ClN4O2S. The molecule has 0 saturated heterocycles. The van der Waals surface area contributed by atoms with E-state index in [0.29, 0.717) is 0 Å². The predicted octanol–water partition coefficient (Wildman–Crippen LogP) is 2.00. The van der Waals surface area contributed by atoms with Crippen molar-refractivity contribution in [1.82, 2.24) is 19.3 Å². The molecule has 2 aromatic rings. The van der Waals surface area contributed by atoms with Gasteiger partial charge >= 0.3 is 0 Å². The Bertz CT molecular complexity index is 718. The molecule has 6 nitrogen and oxygen atoms in total. The van der Waals surface area contributed by atoms with Crippen LogP contribution in [-0.2, 0) is 10.0 Å². The van der Waals surface area contributed by atoms with Gasteiger partial charge < -0.3 is 4.57 Å². The lowest BCUT2D eigenvalue weighted by atomic mass is 10.2. The van der Waals surface area contributed by atoms with Crippen LogP contribution in [0.4, 0.5) is 0 Å². The smallest absolute Gasteiger partial charge is 0.243 e. The van der Waals surface area contributed by atoms with Crippen molar-refractivity contribution in [3.8, 4) is 0 Å². The van der Waals surface area contributed by atoms with Crippen molar-refractivity contribution in [3.63, 3.8) is 0 Å². The molecule has 2 aromatic heterocycles. The van der Waals surface area contributed by atoms with Gasteiger partial charge in [0.25, 0.3) is 0 Å². The van der Waals surface area contributed by atoms with E-state index in [0.717, 1.165) is 19.3 Å². The highest BCUT2D eigenvalue weighted by molar-refractivity contribution is 7.89. The number of hydrogen-bond acceptors (Lipinski definition) is 4. The molecule has 0 radical (unpaired) electrons. The van der Waals surface area contributed by atoms with Crippen molar-refractivity contribution in [1.29, 1.82) is 0 Å². The SMILES string of the molecule is O=S(=O)(NC1CCCC1n1ccnc1)c1cccnc1Cl. The molecule has 0 spiro atoms. The highest BCUT2D eigenvalue weighted by atomic mass is 35.5. The molecule has 3 rings (SSSR count). The summed E-state index contributed by atoms with van der Waals surface area (Å²) in [6, 6.07) is 2.93. The van der Waals surface area contributed by atoms with Crippen LogP contribution in [0.1, 0.15) is 25.3 Å².